The lowest BCUT2D eigenvalue weighted by Gasteiger charge is -2.32. The van der Waals surface area contributed by atoms with Crippen molar-refractivity contribution in [3.63, 3.8) is 0 Å². The molecule has 4 rings (SSSR count). The van der Waals surface area contributed by atoms with Gasteiger partial charge in [-0.2, -0.15) is 5.26 Å². The molecule has 7 nitrogen and oxygen atoms in total. The number of H-pyrrole nitrogens is 1. The van der Waals surface area contributed by atoms with Crippen LogP contribution in [0.3, 0.4) is 0 Å². The lowest BCUT2D eigenvalue weighted by Crippen LogP contribution is -2.40. The molecule has 0 saturated heterocycles. The van der Waals surface area contributed by atoms with Gasteiger partial charge in [0.2, 0.25) is 11.8 Å². The number of fused-ring (bicyclic) bond motifs is 1. The van der Waals surface area contributed by atoms with Gasteiger partial charge < -0.3 is 15.2 Å². The highest BCUT2D eigenvalue weighted by Crippen LogP contribution is 2.33. The van der Waals surface area contributed by atoms with Gasteiger partial charge in [-0.3, -0.25) is 9.59 Å². The molecule has 0 bridgehead atoms. The number of hydrogen-bond donors (Lipinski definition) is 2. The van der Waals surface area contributed by atoms with E-state index in [-0.39, 0.29) is 30.2 Å². The van der Waals surface area contributed by atoms with Crippen molar-refractivity contribution in [3.05, 3.63) is 30.0 Å². The SMILES string of the molecule is C[C@@H]1C=C(c2cc(NC(=O)C3CC3)nc3[nH]ccc23)CCN1C(=O)CC#N. The van der Waals surface area contributed by atoms with Crippen molar-refractivity contribution in [2.24, 2.45) is 5.92 Å². The van der Waals surface area contributed by atoms with E-state index in [1.807, 2.05) is 31.3 Å². The number of aromatic amines is 1. The van der Waals surface area contributed by atoms with Crippen LogP contribution in [-0.2, 0) is 9.59 Å². The van der Waals surface area contributed by atoms with Crippen LogP contribution >= 0.6 is 0 Å². The molecule has 2 aromatic heterocycles. The molecule has 1 saturated carbocycles. The van der Waals surface area contributed by atoms with E-state index >= 15 is 0 Å². The maximum absolute atomic E-state index is 12.1. The minimum absolute atomic E-state index is 0.0265. The Balaban J connectivity index is 1.65. The van der Waals surface area contributed by atoms with Gasteiger partial charge >= 0.3 is 0 Å². The van der Waals surface area contributed by atoms with E-state index in [1.165, 1.54) is 0 Å². The van der Waals surface area contributed by atoms with Crippen LogP contribution in [0.25, 0.3) is 16.6 Å². The zero-order valence-corrected chi connectivity index (χ0v) is 15.2. The van der Waals surface area contributed by atoms with E-state index in [1.54, 1.807) is 4.90 Å². The molecule has 2 aliphatic rings. The maximum atomic E-state index is 12.1. The Labute approximate surface area is 157 Å². The molecule has 0 unspecified atom stereocenters. The Bertz CT molecular complexity index is 980. The second-order valence-electron chi connectivity index (χ2n) is 7.16. The summed E-state index contributed by atoms with van der Waals surface area (Å²) in [5.41, 5.74) is 2.87. The number of amides is 2. The number of hydrogen-bond acceptors (Lipinski definition) is 4. The Kier molecular flexibility index (Phi) is 4.40. The summed E-state index contributed by atoms with van der Waals surface area (Å²) in [6.07, 6.45) is 6.39. The molecule has 1 aliphatic heterocycles. The standard InChI is InChI=1S/C20H21N5O2/c1-12-10-14(6-9-25(12)18(26)4-7-21)16-11-17(24-20(27)13-2-3-13)23-19-15(16)5-8-22-19/h5,8,10-13H,2-4,6,9H2,1H3,(H2,22,23,24,27)/t12-/m1/s1. The summed E-state index contributed by atoms with van der Waals surface area (Å²) in [5, 5.41) is 12.7. The first-order chi connectivity index (χ1) is 13.1. The summed E-state index contributed by atoms with van der Waals surface area (Å²) in [7, 11) is 0. The monoisotopic (exact) mass is 363 g/mol. The van der Waals surface area contributed by atoms with E-state index in [0.29, 0.717) is 18.8 Å². The number of carbonyl (C=O) groups excluding carboxylic acids is 2. The fourth-order valence-corrected chi connectivity index (χ4v) is 3.60. The van der Waals surface area contributed by atoms with Crippen molar-refractivity contribution in [1.82, 2.24) is 14.9 Å². The second-order valence-corrected chi connectivity index (χ2v) is 7.16. The molecule has 2 amide bonds. The first-order valence-electron chi connectivity index (χ1n) is 9.23. The van der Waals surface area contributed by atoms with Crippen LogP contribution in [0.4, 0.5) is 5.82 Å². The minimum Gasteiger partial charge on any atom is -0.346 e. The highest BCUT2D eigenvalue weighted by Gasteiger charge is 2.30. The fraction of sp³-hybridized carbons (Fsp3) is 0.400. The van der Waals surface area contributed by atoms with Crippen LogP contribution in [0.1, 0.15) is 38.2 Å². The Hall–Kier alpha value is -3.14. The Morgan fingerprint density at radius 1 is 1.44 bits per heavy atom. The van der Waals surface area contributed by atoms with Gasteiger partial charge in [0.25, 0.3) is 0 Å². The third kappa shape index (κ3) is 3.43. The zero-order chi connectivity index (χ0) is 19.0. The predicted molar refractivity (Wildman–Crippen MR) is 101 cm³/mol. The van der Waals surface area contributed by atoms with Gasteiger partial charge in [-0.05, 0) is 49.5 Å². The minimum atomic E-state index is -0.140. The van der Waals surface area contributed by atoms with E-state index in [4.69, 9.17) is 5.26 Å². The molecular formula is C20H21N5O2. The van der Waals surface area contributed by atoms with Crippen LogP contribution in [0.15, 0.2) is 24.4 Å². The highest BCUT2D eigenvalue weighted by molar-refractivity contribution is 5.97. The van der Waals surface area contributed by atoms with Crippen molar-refractivity contribution in [1.29, 1.82) is 5.26 Å². The number of nitrogens with one attached hydrogen (secondary N) is 2. The third-order valence-electron chi connectivity index (χ3n) is 5.18. The third-order valence-corrected chi connectivity index (χ3v) is 5.18. The molecule has 0 aromatic carbocycles. The molecular weight excluding hydrogens is 342 g/mol. The first kappa shape index (κ1) is 17.3. The summed E-state index contributed by atoms with van der Waals surface area (Å²) >= 11 is 0. The van der Waals surface area contributed by atoms with Crippen molar-refractivity contribution in [2.45, 2.75) is 38.6 Å². The molecule has 27 heavy (non-hydrogen) atoms. The van der Waals surface area contributed by atoms with Gasteiger partial charge in [0.15, 0.2) is 0 Å². The second kappa shape index (κ2) is 6.88. The molecule has 1 fully saturated rings. The Morgan fingerprint density at radius 3 is 2.96 bits per heavy atom. The van der Waals surface area contributed by atoms with Crippen LogP contribution in [0, 0.1) is 17.2 Å². The molecule has 1 aliphatic carbocycles. The molecule has 0 radical (unpaired) electrons. The van der Waals surface area contributed by atoms with Crippen LogP contribution in [0.5, 0.6) is 0 Å². The predicted octanol–water partition coefficient (Wildman–Crippen LogP) is 2.83. The quantitative estimate of drug-likeness (QED) is 0.872. The molecule has 7 heteroatoms. The lowest BCUT2D eigenvalue weighted by atomic mass is 9.94. The summed E-state index contributed by atoms with van der Waals surface area (Å²) in [6, 6.07) is 5.74. The van der Waals surface area contributed by atoms with Crippen LogP contribution < -0.4 is 5.32 Å². The van der Waals surface area contributed by atoms with Crippen molar-refractivity contribution in [3.8, 4) is 6.07 Å². The number of aromatic nitrogens is 2. The molecule has 3 heterocycles. The zero-order valence-electron chi connectivity index (χ0n) is 15.2. The van der Waals surface area contributed by atoms with Gasteiger partial charge in [-0.25, -0.2) is 4.98 Å². The smallest absolute Gasteiger partial charge is 0.237 e. The number of anilines is 1. The van der Waals surface area contributed by atoms with E-state index in [2.05, 4.69) is 21.4 Å². The fourth-order valence-electron chi connectivity index (χ4n) is 3.60. The molecule has 138 valence electrons. The van der Waals surface area contributed by atoms with Crippen LogP contribution in [-0.4, -0.2) is 39.3 Å². The van der Waals surface area contributed by atoms with Gasteiger partial charge in [-0.1, -0.05) is 6.08 Å². The van der Waals surface area contributed by atoms with Gasteiger partial charge in [0.05, 0.1) is 6.07 Å². The molecule has 1 atom stereocenters. The average molecular weight is 363 g/mol. The molecule has 0 spiro atoms. The average Bonchev–Trinajstić information content (AvgIpc) is 3.39. The van der Waals surface area contributed by atoms with Gasteiger partial charge in [0, 0.05) is 30.1 Å². The van der Waals surface area contributed by atoms with Gasteiger partial charge in [0.1, 0.15) is 17.9 Å². The maximum Gasteiger partial charge on any atom is 0.237 e. The number of nitriles is 1. The summed E-state index contributed by atoms with van der Waals surface area (Å²) < 4.78 is 0. The van der Waals surface area contributed by atoms with Crippen molar-refractivity contribution >= 4 is 34.2 Å². The van der Waals surface area contributed by atoms with Crippen molar-refractivity contribution in [2.75, 3.05) is 11.9 Å². The first-order valence-corrected chi connectivity index (χ1v) is 9.23. The summed E-state index contributed by atoms with van der Waals surface area (Å²) in [6.45, 7) is 2.53. The Morgan fingerprint density at radius 2 is 2.26 bits per heavy atom. The van der Waals surface area contributed by atoms with Crippen LogP contribution in [0.2, 0.25) is 0 Å². The highest BCUT2D eigenvalue weighted by atomic mass is 16.2. The number of nitrogens with zero attached hydrogens (tertiary/aromatic N) is 3. The molecule has 2 N–H and O–H groups in total. The number of carbonyl (C=O) groups is 2. The largest absolute Gasteiger partial charge is 0.346 e. The number of rotatable bonds is 4. The number of pyridine rings is 1. The van der Waals surface area contributed by atoms with Crippen molar-refractivity contribution < 1.29 is 9.59 Å². The van der Waals surface area contributed by atoms with Gasteiger partial charge in [-0.15, -0.1) is 0 Å². The normalized spacial score (nSPS) is 19.5. The summed E-state index contributed by atoms with van der Waals surface area (Å²) in [4.78, 5) is 33.6. The van der Waals surface area contributed by atoms with E-state index in [0.717, 1.165) is 35.0 Å². The molecule has 2 aromatic rings. The topological polar surface area (TPSA) is 102 Å². The lowest BCUT2D eigenvalue weighted by molar-refractivity contribution is -0.131. The summed E-state index contributed by atoms with van der Waals surface area (Å²) in [5.74, 6) is 0.550. The van der Waals surface area contributed by atoms with E-state index < -0.39 is 0 Å². The van der Waals surface area contributed by atoms with E-state index in [9.17, 15) is 9.59 Å².